The maximum Gasteiger partial charge on any atom is 0.0795 e. The molecule has 0 bridgehead atoms. The minimum absolute atomic E-state index is 0.232. The molecule has 0 radical (unpaired) electrons. The zero-order valence-corrected chi connectivity index (χ0v) is 7.33. The Hall–Kier alpha value is -0.820. The van der Waals surface area contributed by atoms with Crippen LogP contribution in [0.3, 0.4) is 0 Å². The summed E-state index contributed by atoms with van der Waals surface area (Å²) < 4.78 is 0. The standard InChI is InChI=1S/C11H14O/c1-8-6-9-4-2-3-5-10(9)11(12)7-8/h2-5,8,11-12H,6-7H2,1H3. The lowest BCUT2D eigenvalue weighted by atomic mass is 9.83. The Labute approximate surface area is 73.0 Å². The Morgan fingerprint density at radius 2 is 2.08 bits per heavy atom. The number of hydrogen-bond acceptors (Lipinski definition) is 1. The summed E-state index contributed by atoms with van der Waals surface area (Å²) in [5.41, 5.74) is 2.46. The third-order valence-electron chi connectivity index (χ3n) is 2.61. The molecule has 64 valence electrons. The van der Waals surface area contributed by atoms with Crippen LogP contribution in [0.4, 0.5) is 0 Å². The number of benzene rings is 1. The Bertz CT molecular complexity index is 280. The highest BCUT2D eigenvalue weighted by Gasteiger charge is 2.21. The highest BCUT2D eigenvalue weighted by Crippen LogP contribution is 2.32. The molecule has 1 aliphatic carbocycles. The normalized spacial score (nSPS) is 28.2. The van der Waals surface area contributed by atoms with Crippen LogP contribution in [0, 0.1) is 5.92 Å². The molecule has 1 aromatic carbocycles. The lowest BCUT2D eigenvalue weighted by Gasteiger charge is -2.25. The average molecular weight is 162 g/mol. The van der Waals surface area contributed by atoms with Gasteiger partial charge in [-0.3, -0.25) is 0 Å². The maximum absolute atomic E-state index is 9.73. The molecule has 2 atom stereocenters. The predicted molar refractivity (Wildman–Crippen MR) is 48.9 cm³/mol. The molecular formula is C11H14O. The first kappa shape index (κ1) is 7.81. The van der Waals surface area contributed by atoms with Gasteiger partial charge in [0.1, 0.15) is 0 Å². The lowest BCUT2D eigenvalue weighted by Crippen LogP contribution is -2.15. The van der Waals surface area contributed by atoms with E-state index in [2.05, 4.69) is 13.0 Å². The van der Waals surface area contributed by atoms with Crippen molar-refractivity contribution in [2.45, 2.75) is 25.9 Å². The molecule has 0 amide bonds. The van der Waals surface area contributed by atoms with Crippen LogP contribution < -0.4 is 0 Å². The van der Waals surface area contributed by atoms with Crippen LogP contribution in [-0.2, 0) is 6.42 Å². The highest BCUT2D eigenvalue weighted by molar-refractivity contribution is 5.31. The smallest absolute Gasteiger partial charge is 0.0795 e. The molecular weight excluding hydrogens is 148 g/mol. The van der Waals surface area contributed by atoms with Crippen molar-refractivity contribution in [1.82, 2.24) is 0 Å². The van der Waals surface area contributed by atoms with E-state index in [0.717, 1.165) is 18.4 Å². The second kappa shape index (κ2) is 2.91. The van der Waals surface area contributed by atoms with E-state index in [0.29, 0.717) is 5.92 Å². The van der Waals surface area contributed by atoms with E-state index < -0.39 is 0 Å². The van der Waals surface area contributed by atoms with E-state index in [4.69, 9.17) is 0 Å². The molecule has 1 aliphatic rings. The van der Waals surface area contributed by atoms with Gasteiger partial charge < -0.3 is 5.11 Å². The molecule has 0 spiro atoms. The van der Waals surface area contributed by atoms with Crippen LogP contribution >= 0.6 is 0 Å². The second-order valence-electron chi connectivity index (χ2n) is 3.76. The number of rotatable bonds is 0. The minimum Gasteiger partial charge on any atom is -0.388 e. The van der Waals surface area contributed by atoms with Gasteiger partial charge in [0.05, 0.1) is 6.10 Å². The number of aliphatic hydroxyl groups is 1. The molecule has 1 nitrogen and oxygen atoms in total. The summed E-state index contributed by atoms with van der Waals surface area (Å²) in [5.74, 6) is 0.620. The molecule has 0 aromatic heterocycles. The van der Waals surface area contributed by atoms with Crippen LogP contribution in [0.1, 0.15) is 30.6 Å². The summed E-state index contributed by atoms with van der Waals surface area (Å²) in [6, 6.07) is 8.20. The highest BCUT2D eigenvalue weighted by atomic mass is 16.3. The average Bonchev–Trinajstić information content (AvgIpc) is 2.04. The van der Waals surface area contributed by atoms with Crippen molar-refractivity contribution < 1.29 is 5.11 Å². The molecule has 2 rings (SSSR count). The molecule has 1 N–H and O–H groups in total. The van der Waals surface area contributed by atoms with Gasteiger partial charge >= 0.3 is 0 Å². The third-order valence-corrected chi connectivity index (χ3v) is 2.61. The molecule has 0 heterocycles. The summed E-state index contributed by atoms with van der Waals surface area (Å²) >= 11 is 0. The van der Waals surface area contributed by atoms with Crippen LogP contribution in [0.25, 0.3) is 0 Å². The van der Waals surface area contributed by atoms with Crippen molar-refractivity contribution in [2.75, 3.05) is 0 Å². The number of aliphatic hydroxyl groups excluding tert-OH is 1. The van der Waals surface area contributed by atoms with Gasteiger partial charge in [0.25, 0.3) is 0 Å². The summed E-state index contributed by atoms with van der Waals surface area (Å²) in [5, 5.41) is 9.73. The van der Waals surface area contributed by atoms with E-state index in [1.165, 1.54) is 5.56 Å². The van der Waals surface area contributed by atoms with Gasteiger partial charge in [-0.2, -0.15) is 0 Å². The van der Waals surface area contributed by atoms with Gasteiger partial charge in [-0.15, -0.1) is 0 Å². The quantitative estimate of drug-likeness (QED) is 0.620. The fraction of sp³-hybridized carbons (Fsp3) is 0.455. The third kappa shape index (κ3) is 1.25. The maximum atomic E-state index is 9.73. The summed E-state index contributed by atoms with van der Waals surface area (Å²) in [6.45, 7) is 2.19. The Balaban J connectivity index is 2.40. The van der Waals surface area contributed by atoms with E-state index in [9.17, 15) is 5.11 Å². The Morgan fingerprint density at radius 3 is 2.92 bits per heavy atom. The fourth-order valence-corrected chi connectivity index (χ4v) is 2.01. The summed E-state index contributed by atoms with van der Waals surface area (Å²) in [4.78, 5) is 0. The van der Waals surface area contributed by atoms with Crippen LogP contribution in [-0.4, -0.2) is 5.11 Å². The lowest BCUT2D eigenvalue weighted by molar-refractivity contribution is 0.136. The monoisotopic (exact) mass is 162 g/mol. The van der Waals surface area contributed by atoms with Crippen molar-refractivity contribution in [3.63, 3.8) is 0 Å². The van der Waals surface area contributed by atoms with Crippen molar-refractivity contribution in [1.29, 1.82) is 0 Å². The fourth-order valence-electron chi connectivity index (χ4n) is 2.01. The largest absolute Gasteiger partial charge is 0.388 e. The van der Waals surface area contributed by atoms with Gasteiger partial charge in [0.15, 0.2) is 0 Å². The molecule has 0 saturated carbocycles. The first-order chi connectivity index (χ1) is 5.77. The Kier molecular flexibility index (Phi) is 1.89. The van der Waals surface area contributed by atoms with E-state index in [-0.39, 0.29) is 6.10 Å². The number of hydrogen-bond donors (Lipinski definition) is 1. The van der Waals surface area contributed by atoms with E-state index in [1.54, 1.807) is 0 Å². The SMILES string of the molecule is CC1Cc2ccccc2C(O)C1. The van der Waals surface area contributed by atoms with Gasteiger partial charge in [0.2, 0.25) is 0 Å². The zero-order valence-electron chi connectivity index (χ0n) is 7.33. The van der Waals surface area contributed by atoms with Gasteiger partial charge in [-0.25, -0.2) is 0 Å². The van der Waals surface area contributed by atoms with Crippen LogP contribution in [0.15, 0.2) is 24.3 Å². The van der Waals surface area contributed by atoms with Crippen LogP contribution in [0.2, 0.25) is 0 Å². The minimum atomic E-state index is -0.232. The molecule has 0 saturated heterocycles. The van der Waals surface area contributed by atoms with Gasteiger partial charge in [-0.05, 0) is 29.9 Å². The van der Waals surface area contributed by atoms with E-state index >= 15 is 0 Å². The molecule has 0 aliphatic heterocycles. The molecule has 0 fully saturated rings. The first-order valence-corrected chi connectivity index (χ1v) is 4.53. The van der Waals surface area contributed by atoms with Gasteiger partial charge in [0, 0.05) is 0 Å². The molecule has 12 heavy (non-hydrogen) atoms. The summed E-state index contributed by atoms with van der Waals surface area (Å²) in [6.07, 6.45) is 1.80. The van der Waals surface area contributed by atoms with Gasteiger partial charge in [-0.1, -0.05) is 31.2 Å². The zero-order chi connectivity index (χ0) is 8.55. The van der Waals surface area contributed by atoms with E-state index in [1.807, 2.05) is 18.2 Å². The second-order valence-corrected chi connectivity index (χ2v) is 3.76. The molecule has 1 aromatic rings. The van der Waals surface area contributed by atoms with Crippen molar-refractivity contribution >= 4 is 0 Å². The molecule has 1 heteroatoms. The van der Waals surface area contributed by atoms with Crippen molar-refractivity contribution in [3.05, 3.63) is 35.4 Å². The molecule has 2 unspecified atom stereocenters. The Morgan fingerprint density at radius 1 is 1.33 bits per heavy atom. The first-order valence-electron chi connectivity index (χ1n) is 4.53. The summed E-state index contributed by atoms with van der Waals surface area (Å²) in [7, 11) is 0. The van der Waals surface area contributed by atoms with Crippen molar-refractivity contribution in [3.8, 4) is 0 Å². The number of fused-ring (bicyclic) bond motifs is 1. The van der Waals surface area contributed by atoms with Crippen molar-refractivity contribution in [2.24, 2.45) is 5.92 Å². The van der Waals surface area contributed by atoms with Crippen LogP contribution in [0.5, 0.6) is 0 Å². The topological polar surface area (TPSA) is 20.2 Å². The predicted octanol–water partition coefficient (Wildman–Crippen LogP) is 2.30.